The zero-order chi connectivity index (χ0) is 12.7. The first-order valence-electron chi connectivity index (χ1n) is 5.86. The molecule has 2 heterocycles. The van der Waals surface area contributed by atoms with Crippen LogP contribution in [0.25, 0.3) is 0 Å². The van der Waals surface area contributed by atoms with Gasteiger partial charge in [-0.2, -0.15) is 0 Å². The molecule has 0 saturated heterocycles. The van der Waals surface area contributed by atoms with Gasteiger partial charge >= 0.3 is 0 Å². The summed E-state index contributed by atoms with van der Waals surface area (Å²) in [6.07, 6.45) is -0.249. The van der Waals surface area contributed by atoms with Crippen LogP contribution in [-0.2, 0) is 0 Å². The lowest BCUT2D eigenvalue weighted by Crippen LogP contribution is -2.39. The number of hydrogen-bond acceptors (Lipinski definition) is 3. The molecule has 1 aliphatic heterocycles. The Morgan fingerprint density at radius 2 is 2.00 bits per heavy atom. The number of furan rings is 1. The van der Waals surface area contributed by atoms with Crippen LogP contribution in [0.15, 0.2) is 40.8 Å². The molecule has 0 spiro atoms. The molecular weight excluding hydrogens is 228 g/mol. The molecule has 0 saturated carbocycles. The van der Waals surface area contributed by atoms with Crippen LogP contribution >= 0.6 is 0 Å². The van der Waals surface area contributed by atoms with Gasteiger partial charge in [0.2, 0.25) is 0 Å². The molecule has 4 heteroatoms. The molecule has 1 unspecified atom stereocenters. The lowest BCUT2D eigenvalue weighted by molar-refractivity contribution is 0.0718. The highest BCUT2D eigenvalue weighted by Crippen LogP contribution is 2.32. The van der Waals surface area contributed by atoms with Gasteiger partial charge < -0.3 is 14.6 Å². The number of para-hydroxylation sites is 1. The molecule has 1 atom stereocenters. The molecule has 4 nitrogen and oxygen atoms in total. The average molecular weight is 242 g/mol. The fraction of sp³-hybridized carbons (Fsp3) is 0.214. The maximum atomic E-state index is 12.3. The first-order chi connectivity index (χ1) is 8.66. The van der Waals surface area contributed by atoms with Crippen molar-refractivity contribution in [1.82, 2.24) is 4.90 Å². The third kappa shape index (κ3) is 1.57. The summed E-state index contributed by atoms with van der Waals surface area (Å²) in [5, 5.41) is 3.32. The first kappa shape index (κ1) is 10.9. The number of anilines is 1. The van der Waals surface area contributed by atoms with Gasteiger partial charge in [-0.1, -0.05) is 12.1 Å². The van der Waals surface area contributed by atoms with Crippen LogP contribution in [0.4, 0.5) is 5.69 Å². The van der Waals surface area contributed by atoms with Crippen LogP contribution in [0.2, 0.25) is 0 Å². The minimum absolute atomic E-state index is 0.00315. The first-order valence-corrected chi connectivity index (χ1v) is 5.86. The number of fused-ring (bicyclic) bond motifs is 1. The van der Waals surface area contributed by atoms with E-state index >= 15 is 0 Å². The number of hydrogen-bond donors (Lipinski definition) is 1. The van der Waals surface area contributed by atoms with Crippen molar-refractivity contribution in [1.29, 1.82) is 0 Å². The van der Waals surface area contributed by atoms with Crippen molar-refractivity contribution in [3.8, 4) is 0 Å². The van der Waals surface area contributed by atoms with Crippen LogP contribution in [0.5, 0.6) is 0 Å². The van der Waals surface area contributed by atoms with Gasteiger partial charge in [-0.05, 0) is 31.2 Å². The second-order valence-corrected chi connectivity index (χ2v) is 4.46. The van der Waals surface area contributed by atoms with E-state index in [0.717, 1.165) is 17.2 Å². The van der Waals surface area contributed by atoms with E-state index < -0.39 is 0 Å². The molecule has 1 aromatic heterocycles. The van der Waals surface area contributed by atoms with Crippen LogP contribution in [0.3, 0.4) is 0 Å². The Hall–Kier alpha value is -2.23. The zero-order valence-corrected chi connectivity index (χ0v) is 10.3. The smallest absolute Gasteiger partial charge is 0.257 e. The lowest BCUT2D eigenvalue weighted by atomic mass is 10.1. The van der Waals surface area contributed by atoms with E-state index in [0.29, 0.717) is 5.56 Å². The van der Waals surface area contributed by atoms with Gasteiger partial charge in [0, 0.05) is 12.7 Å². The van der Waals surface area contributed by atoms with Crippen LogP contribution in [-0.4, -0.2) is 17.9 Å². The predicted octanol–water partition coefficient (Wildman–Crippen LogP) is 2.78. The second kappa shape index (κ2) is 3.91. The monoisotopic (exact) mass is 242 g/mol. The predicted molar refractivity (Wildman–Crippen MR) is 68.3 cm³/mol. The van der Waals surface area contributed by atoms with E-state index in [-0.39, 0.29) is 12.1 Å². The van der Waals surface area contributed by atoms with Crippen molar-refractivity contribution < 1.29 is 9.21 Å². The van der Waals surface area contributed by atoms with Gasteiger partial charge in [-0.15, -0.1) is 0 Å². The molecule has 1 aliphatic rings. The van der Waals surface area contributed by atoms with Gasteiger partial charge in [-0.3, -0.25) is 4.79 Å². The molecule has 1 N–H and O–H groups in total. The minimum Gasteiger partial charge on any atom is -0.462 e. The quantitative estimate of drug-likeness (QED) is 0.836. The van der Waals surface area contributed by atoms with Gasteiger partial charge in [0.05, 0.1) is 5.56 Å². The summed E-state index contributed by atoms with van der Waals surface area (Å²) >= 11 is 0. The Morgan fingerprint density at radius 1 is 1.22 bits per heavy atom. The third-order valence-corrected chi connectivity index (χ3v) is 3.19. The second-order valence-electron chi connectivity index (χ2n) is 4.46. The Kier molecular flexibility index (Phi) is 2.37. The van der Waals surface area contributed by atoms with E-state index in [2.05, 4.69) is 5.32 Å². The average Bonchev–Trinajstić information content (AvgIpc) is 2.80. The van der Waals surface area contributed by atoms with Gasteiger partial charge in [0.15, 0.2) is 6.17 Å². The molecule has 1 amide bonds. The molecule has 92 valence electrons. The Labute approximate surface area is 105 Å². The van der Waals surface area contributed by atoms with Crippen molar-refractivity contribution in [2.45, 2.75) is 13.1 Å². The Morgan fingerprint density at radius 3 is 2.72 bits per heavy atom. The van der Waals surface area contributed by atoms with Crippen LogP contribution < -0.4 is 5.32 Å². The number of nitrogens with zero attached hydrogens (tertiary/aromatic N) is 1. The summed E-state index contributed by atoms with van der Waals surface area (Å²) < 4.78 is 5.60. The standard InChI is InChI=1S/C14H14N2O2/c1-9-7-8-12(18-9)13-15-11-6-4-3-5-10(11)14(17)16(13)2/h3-8,13,15H,1-2H3. The van der Waals surface area contributed by atoms with Crippen LogP contribution in [0.1, 0.15) is 28.0 Å². The Bertz CT molecular complexity index is 603. The van der Waals surface area contributed by atoms with Gasteiger partial charge in [0.25, 0.3) is 5.91 Å². The number of aryl methyl sites for hydroxylation is 1. The number of nitrogens with one attached hydrogen (secondary N) is 1. The van der Waals surface area contributed by atoms with Crippen molar-refractivity contribution in [3.05, 3.63) is 53.5 Å². The molecule has 3 rings (SSSR count). The topological polar surface area (TPSA) is 45.5 Å². The summed E-state index contributed by atoms with van der Waals surface area (Å²) in [5.41, 5.74) is 1.54. The van der Waals surface area contributed by atoms with Gasteiger partial charge in [0.1, 0.15) is 11.5 Å². The molecule has 0 aliphatic carbocycles. The highest BCUT2D eigenvalue weighted by Gasteiger charge is 2.31. The summed E-state index contributed by atoms with van der Waals surface area (Å²) in [4.78, 5) is 13.9. The van der Waals surface area contributed by atoms with Crippen molar-refractivity contribution in [2.75, 3.05) is 12.4 Å². The summed E-state index contributed by atoms with van der Waals surface area (Å²) in [6, 6.07) is 11.3. The number of rotatable bonds is 1. The largest absolute Gasteiger partial charge is 0.462 e. The summed E-state index contributed by atoms with van der Waals surface area (Å²) in [6.45, 7) is 1.89. The molecule has 2 aromatic rings. The highest BCUT2D eigenvalue weighted by molar-refractivity contribution is 6.01. The zero-order valence-electron chi connectivity index (χ0n) is 10.3. The number of amides is 1. The molecule has 0 fully saturated rings. The third-order valence-electron chi connectivity index (χ3n) is 3.19. The summed E-state index contributed by atoms with van der Waals surface area (Å²) in [7, 11) is 1.77. The van der Waals surface area contributed by atoms with Crippen LogP contribution in [0, 0.1) is 6.92 Å². The van der Waals surface area contributed by atoms with E-state index in [4.69, 9.17) is 4.42 Å². The van der Waals surface area contributed by atoms with E-state index in [1.54, 1.807) is 11.9 Å². The van der Waals surface area contributed by atoms with E-state index in [1.165, 1.54) is 0 Å². The fourth-order valence-electron chi connectivity index (χ4n) is 2.21. The van der Waals surface area contributed by atoms with Crippen molar-refractivity contribution >= 4 is 11.6 Å². The lowest BCUT2D eigenvalue weighted by Gasteiger charge is -2.33. The number of carbonyl (C=O) groups excluding carboxylic acids is 1. The SMILES string of the molecule is Cc1ccc(C2Nc3ccccc3C(=O)N2C)o1. The molecular formula is C14H14N2O2. The van der Waals surface area contributed by atoms with Crippen molar-refractivity contribution in [2.24, 2.45) is 0 Å². The fourth-order valence-corrected chi connectivity index (χ4v) is 2.21. The molecule has 18 heavy (non-hydrogen) atoms. The van der Waals surface area contributed by atoms with Gasteiger partial charge in [-0.25, -0.2) is 0 Å². The molecule has 1 aromatic carbocycles. The molecule has 0 bridgehead atoms. The maximum Gasteiger partial charge on any atom is 0.257 e. The van der Waals surface area contributed by atoms with E-state index in [1.807, 2.05) is 43.3 Å². The number of carbonyl (C=O) groups is 1. The number of benzene rings is 1. The summed E-state index contributed by atoms with van der Waals surface area (Å²) in [5.74, 6) is 1.59. The van der Waals surface area contributed by atoms with Crippen molar-refractivity contribution in [3.63, 3.8) is 0 Å². The Balaban J connectivity index is 2.03. The minimum atomic E-state index is -0.249. The normalized spacial score (nSPS) is 18.4. The highest BCUT2D eigenvalue weighted by atomic mass is 16.3. The molecule has 0 radical (unpaired) electrons. The maximum absolute atomic E-state index is 12.3. The van der Waals surface area contributed by atoms with E-state index in [9.17, 15) is 4.79 Å².